The van der Waals surface area contributed by atoms with Crippen molar-refractivity contribution in [3.8, 4) is 22.5 Å². The van der Waals surface area contributed by atoms with Crippen molar-refractivity contribution in [2.24, 2.45) is 23.2 Å². The number of cyclic esters (lactones) is 1. The molecule has 6 heterocycles. The van der Waals surface area contributed by atoms with Gasteiger partial charge < -0.3 is 28.8 Å². The number of nitrogens with zero attached hydrogens (tertiary/aromatic N) is 4. The molecule has 0 spiro atoms. The molecular formula is C45H58N6O7S. The fourth-order valence-electron chi connectivity index (χ4n) is 9.03. The van der Waals surface area contributed by atoms with E-state index in [0.717, 1.165) is 62.5 Å². The Morgan fingerprint density at radius 2 is 1.93 bits per heavy atom. The van der Waals surface area contributed by atoms with Gasteiger partial charge in [0, 0.05) is 84.8 Å². The number of hydrogen-bond acceptors (Lipinski definition) is 11. The lowest BCUT2D eigenvalue weighted by Crippen LogP contribution is -2.60. The molecule has 3 aromatic heterocycles. The van der Waals surface area contributed by atoms with E-state index in [9.17, 15) is 14.4 Å². The highest BCUT2D eigenvalue weighted by molar-refractivity contribution is 7.10. The van der Waals surface area contributed by atoms with Gasteiger partial charge >= 0.3 is 5.97 Å². The van der Waals surface area contributed by atoms with E-state index in [-0.39, 0.29) is 54.8 Å². The number of methoxy groups -OCH3 is 1. The molecule has 1 aliphatic carbocycles. The van der Waals surface area contributed by atoms with Crippen LogP contribution in [0.1, 0.15) is 82.7 Å². The molecule has 1 saturated carbocycles. The van der Waals surface area contributed by atoms with Crippen molar-refractivity contribution < 1.29 is 33.3 Å². The largest absolute Gasteiger partial charge is 0.464 e. The minimum atomic E-state index is -0.848. The maximum Gasteiger partial charge on any atom is 0.324 e. The second-order valence-electron chi connectivity index (χ2n) is 17.6. The molecule has 2 amide bonds. The van der Waals surface area contributed by atoms with E-state index in [4.69, 9.17) is 28.9 Å². The predicted molar refractivity (Wildman–Crippen MR) is 225 cm³/mol. The Balaban J connectivity index is 1.24. The molecule has 4 aromatic rings. The molecule has 1 aromatic carbocycles. The summed E-state index contributed by atoms with van der Waals surface area (Å²) in [6.07, 6.45) is 5.42. The van der Waals surface area contributed by atoms with Gasteiger partial charge in [-0.25, -0.2) is 10.4 Å². The first kappa shape index (κ1) is 41.5. The lowest BCUT2D eigenvalue weighted by molar-refractivity contribution is -0.155. The van der Waals surface area contributed by atoms with Gasteiger partial charge in [-0.1, -0.05) is 33.8 Å². The van der Waals surface area contributed by atoms with Crippen LogP contribution in [0, 0.1) is 23.2 Å². The number of hydrogen-bond donors (Lipinski definition) is 2. The summed E-state index contributed by atoms with van der Waals surface area (Å²) in [6.45, 7) is 13.5. The zero-order chi connectivity index (χ0) is 41.4. The van der Waals surface area contributed by atoms with Crippen LogP contribution < -0.4 is 10.7 Å². The van der Waals surface area contributed by atoms with Gasteiger partial charge in [-0.15, -0.1) is 11.3 Å². The Morgan fingerprint density at radius 3 is 2.69 bits per heavy atom. The Hall–Kier alpha value is -4.21. The lowest BCUT2D eigenvalue weighted by atomic mass is 9.84. The van der Waals surface area contributed by atoms with Gasteiger partial charge in [-0.3, -0.25) is 24.4 Å². The smallest absolute Gasteiger partial charge is 0.324 e. The van der Waals surface area contributed by atoms with Crippen molar-refractivity contribution in [1.29, 1.82) is 0 Å². The van der Waals surface area contributed by atoms with Crippen molar-refractivity contribution in [1.82, 2.24) is 30.3 Å². The quantitative estimate of drug-likeness (QED) is 0.185. The predicted octanol–water partition coefficient (Wildman–Crippen LogP) is 6.28. The number of amides is 2. The van der Waals surface area contributed by atoms with Crippen LogP contribution in [0.15, 0.2) is 41.9 Å². The standard InChI is InChI=1S/C45H58N6O7S/c1-26-27(2)39(26)42(52)48-35-22-38-47-36(24-59-38)29-11-12-37-32(21-29)33(23-45(4,5)25-58-44(54)34-10-8-16-51(49-34)43(35)53)41(31-9-7-15-46-40(31)28(3)55-6)50(37)17-20-57-30-13-18-56-19-14-30/h7,9,11-12,15,21,24,26-28,30,34-35,39,49H,8,10,13-14,16-20,22-23,25H2,1-6H3,(H,48,52)/t26-,27+,28-,34-,35-,39+/m0/s1. The third kappa shape index (κ3) is 8.83. The van der Waals surface area contributed by atoms with Crippen LogP contribution in [0.25, 0.3) is 33.4 Å². The van der Waals surface area contributed by atoms with Gasteiger partial charge in [0.25, 0.3) is 5.91 Å². The van der Waals surface area contributed by atoms with Gasteiger partial charge in [-0.05, 0) is 80.7 Å². The molecule has 4 aliphatic rings. The zero-order valence-corrected chi connectivity index (χ0v) is 35.9. The summed E-state index contributed by atoms with van der Waals surface area (Å²) in [7, 11) is 1.70. The number of hydrazine groups is 1. The zero-order valence-electron chi connectivity index (χ0n) is 35.1. The van der Waals surface area contributed by atoms with E-state index >= 15 is 0 Å². The van der Waals surface area contributed by atoms with E-state index < -0.39 is 23.5 Å². The van der Waals surface area contributed by atoms with E-state index in [1.807, 2.05) is 24.6 Å². The SMILES string of the molecule is CO[C@@H](C)c1ncccc1-c1c2c3cc(ccc3n1CCOC1CCOCC1)-c1csc(n1)C[C@H](NC(=O)[C@H]1[C@H](C)[C@@H]1C)C(=O)N1CCC[C@H](N1)C(=O)OCC(C)(C)C2. The van der Waals surface area contributed by atoms with Gasteiger partial charge in [0.05, 0.1) is 47.5 Å². The second kappa shape index (κ2) is 17.4. The van der Waals surface area contributed by atoms with Crippen molar-refractivity contribution in [2.75, 3.05) is 40.1 Å². The summed E-state index contributed by atoms with van der Waals surface area (Å²) in [5.74, 6) is -0.416. The van der Waals surface area contributed by atoms with Gasteiger partial charge in [0.15, 0.2) is 0 Å². The molecule has 2 N–H and O–H groups in total. The summed E-state index contributed by atoms with van der Waals surface area (Å²) in [5.41, 5.74) is 9.43. The number of carbonyl (C=O) groups excluding carboxylic acids is 3. The molecule has 3 aliphatic heterocycles. The molecule has 13 nitrogen and oxygen atoms in total. The number of ether oxygens (including phenoxy) is 4. The minimum absolute atomic E-state index is 0.120. The summed E-state index contributed by atoms with van der Waals surface area (Å²) in [4.78, 5) is 51.4. The maximum absolute atomic E-state index is 14.2. The third-order valence-corrected chi connectivity index (χ3v) is 13.7. The van der Waals surface area contributed by atoms with Gasteiger partial charge in [-0.2, -0.15) is 0 Å². The molecule has 8 rings (SSSR count). The number of esters is 1. The van der Waals surface area contributed by atoms with Crippen molar-refractivity contribution in [3.05, 3.63) is 58.2 Å². The molecule has 2 saturated heterocycles. The molecule has 316 valence electrons. The Bertz CT molecular complexity index is 2170. The monoisotopic (exact) mass is 826 g/mol. The van der Waals surface area contributed by atoms with E-state index in [0.29, 0.717) is 52.2 Å². The van der Waals surface area contributed by atoms with E-state index in [1.54, 1.807) is 7.11 Å². The number of benzene rings is 1. The molecule has 6 atom stereocenters. The van der Waals surface area contributed by atoms with Crippen LogP contribution in [0.4, 0.5) is 0 Å². The number of aromatic nitrogens is 3. The van der Waals surface area contributed by atoms with Crippen LogP contribution in [-0.4, -0.2) is 95.6 Å². The highest BCUT2D eigenvalue weighted by atomic mass is 32.1. The normalized spacial score (nSPS) is 25.7. The number of nitrogens with one attached hydrogen (secondary N) is 2. The highest BCUT2D eigenvalue weighted by Gasteiger charge is 2.49. The minimum Gasteiger partial charge on any atom is -0.464 e. The first-order chi connectivity index (χ1) is 28.4. The number of carbonyl (C=O) groups is 3. The fourth-order valence-corrected chi connectivity index (χ4v) is 9.88. The van der Waals surface area contributed by atoms with Gasteiger partial charge in [0.1, 0.15) is 12.1 Å². The fraction of sp³-hybridized carbons (Fsp3) is 0.578. The Kier molecular flexibility index (Phi) is 12.3. The summed E-state index contributed by atoms with van der Waals surface area (Å²) >= 11 is 1.48. The summed E-state index contributed by atoms with van der Waals surface area (Å²) < 4.78 is 26.4. The first-order valence-electron chi connectivity index (χ1n) is 21.2. The number of pyridine rings is 1. The Morgan fingerprint density at radius 1 is 1.14 bits per heavy atom. The maximum atomic E-state index is 14.2. The molecule has 59 heavy (non-hydrogen) atoms. The molecule has 0 radical (unpaired) electrons. The first-order valence-corrected chi connectivity index (χ1v) is 22.1. The Labute approximate surface area is 350 Å². The van der Waals surface area contributed by atoms with Gasteiger partial charge in [0.2, 0.25) is 5.91 Å². The topological polar surface area (TPSA) is 146 Å². The summed E-state index contributed by atoms with van der Waals surface area (Å²) in [6, 6.07) is 9.03. The van der Waals surface area contributed by atoms with Crippen LogP contribution >= 0.6 is 11.3 Å². The average molecular weight is 827 g/mol. The lowest BCUT2D eigenvalue weighted by Gasteiger charge is -2.35. The highest BCUT2D eigenvalue weighted by Crippen LogP contribution is 2.46. The number of thiazole rings is 1. The third-order valence-electron chi connectivity index (χ3n) is 12.8. The molecule has 0 unspecified atom stereocenters. The number of fused-ring (bicyclic) bond motifs is 6. The summed E-state index contributed by atoms with van der Waals surface area (Å²) in [5, 5.41) is 8.41. The van der Waals surface area contributed by atoms with Crippen LogP contribution in [0.2, 0.25) is 0 Å². The average Bonchev–Trinajstić information content (AvgIpc) is 3.50. The van der Waals surface area contributed by atoms with Crippen molar-refractivity contribution in [2.45, 2.75) is 104 Å². The van der Waals surface area contributed by atoms with Crippen LogP contribution in [0.5, 0.6) is 0 Å². The van der Waals surface area contributed by atoms with Crippen LogP contribution in [0.3, 0.4) is 0 Å². The number of rotatable bonds is 9. The van der Waals surface area contributed by atoms with Crippen molar-refractivity contribution in [3.63, 3.8) is 0 Å². The van der Waals surface area contributed by atoms with E-state index in [1.165, 1.54) is 16.3 Å². The van der Waals surface area contributed by atoms with Crippen LogP contribution in [-0.2, 0) is 52.7 Å². The molecule has 3 fully saturated rings. The molecule has 14 heteroatoms. The molecule has 6 bridgehead atoms. The van der Waals surface area contributed by atoms with E-state index in [2.05, 4.69) is 67.3 Å². The second-order valence-corrected chi connectivity index (χ2v) is 18.5. The van der Waals surface area contributed by atoms with Crippen molar-refractivity contribution >= 4 is 40.0 Å². The molecular weight excluding hydrogens is 769 g/mol.